The van der Waals surface area contributed by atoms with E-state index in [4.69, 9.17) is 0 Å². The molecule has 136 valence electrons. The van der Waals surface area contributed by atoms with E-state index in [1.807, 2.05) is 17.0 Å². The largest absolute Gasteiger partial charge is 0.340 e. The molecule has 2 fully saturated rings. The molecule has 2 atom stereocenters. The number of amides is 2. The number of hydrogen-bond donors (Lipinski definition) is 1. The summed E-state index contributed by atoms with van der Waals surface area (Å²) in [6.45, 7) is 9.58. The van der Waals surface area contributed by atoms with Crippen molar-refractivity contribution >= 4 is 17.5 Å². The lowest BCUT2D eigenvalue weighted by Crippen LogP contribution is -2.53. The van der Waals surface area contributed by atoms with Crippen LogP contribution in [0.15, 0.2) is 24.5 Å². The van der Waals surface area contributed by atoms with Gasteiger partial charge in [0, 0.05) is 58.4 Å². The number of nitrogens with one attached hydrogen (secondary N) is 1. The van der Waals surface area contributed by atoms with Crippen LogP contribution in [-0.4, -0.2) is 83.4 Å². The van der Waals surface area contributed by atoms with Gasteiger partial charge < -0.3 is 10.2 Å². The van der Waals surface area contributed by atoms with Crippen molar-refractivity contribution in [2.75, 3.05) is 51.1 Å². The van der Waals surface area contributed by atoms with Crippen LogP contribution in [0.3, 0.4) is 0 Å². The Morgan fingerprint density at radius 1 is 1.24 bits per heavy atom. The molecule has 3 rings (SSSR count). The first-order valence-electron chi connectivity index (χ1n) is 8.94. The van der Waals surface area contributed by atoms with Crippen LogP contribution in [0.25, 0.3) is 0 Å². The molecule has 0 bridgehead atoms. The minimum Gasteiger partial charge on any atom is -0.340 e. The number of anilines is 1. The lowest BCUT2D eigenvalue weighted by atomic mass is 10.0. The van der Waals surface area contributed by atoms with E-state index in [1.165, 1.54) is 0 Å². The molecular weight excluding hydrogens is 318 g/mol. The summed E-state index contributed by atoms with van der Waals surface area (Å²) in [5, 5.41) is 2.90. The highest BCUT2D eigenvalue weighted by Crippen LogP contribution is 2.23. The normalized spacial score (nSPS) is 25.1. The van der Waals surface area contributed by atoms with Crippen molar-refractivity contribution < 1.29 is 9.59 Å². The first-order chi connectivity index (χ1) is 12.0. The molecule has 25 heavy (non-hydrogen) atoms. The van der Waals surface area contributed by atoms with Gasteiger partial charge in [-0.25, -0.2) is 0 Å². The minimum absolute atomic E-state index is 0.00208. The number of piperazine rings is 1. The van der Waals surface area contributed by atoms with Crippen LogP contribution >= 0.6 is 0 Å². The third kappa shape index (κ3) is 4.55. The van der Waals surface area contributed by atoms with Crippen LogP contribution in [0, 0.1) is 5.92 Å². The van der Waals surface area contributed by atoms with Gasteiger partial charge >= 0.3 is 0 Å². The molecular formula is C18H27N5O2. The summed E-state index contributed by atoms with van der Waals surface area (Å²) in [4.78, 5) is 34.3. The van der Waals surface area contributed by atoms with Gasteiger partial charge in [-0.05, 0) is 18.1 Å². The monoisotopic (exact) mass is 345 g/mol. The van der Waals surface area contributed by atoms with E-state index in [-0.39, 0.29) is 11.8 Å². The average molecular weight is 345 g/mol. The van der Waals surface area contributed by atoms with Gasteiger partial charge in [0.05, 0.1) is 18.4 Å². The SMILES string of the molecule is CC(=O)N1CCN([C@H]2CN(CC(=O)Nc3cccnc3)C[C@H]2C)CC1. The maximum Gasteiger partial charge on any atom is 0.238 e. The summed E-state index contributed by atoms with van der Waals surface area (Å²) >= 11 is 0. The molecule has 2 aliphatic rings. The Morgan fingerprint density at radius 3 is 2.64 bits per heavy atom. The van der Waals surface area contributed by atoms with Gasteiger partial charge in [-0.15, -0.1) is 0 Å². The Hall–Kier alpha value is -1.99. The van der Waals surface area contributed by atoms with Crippen molar-refractivity contribution in [2.45, 2.75) is 19.9 Å². The average Bonchev–Trinajstić information content (AvgIpc) is 2.96. The van der Waals surface area contributed by atoms with Gasteiger partial charge in [-0.1, -0.05) is 6.92 Å². The number of hydrogen-bond acceptors (Lipinski definition) is 5. The summed E-state index contributed by atoms with van der Waals surface area (Å²) in [6.07, 6.45) is 3.34. The lowest BCUT2D eigenvalue weighted by Gasteiger charge is -2.39. The fourth-order valence-electron chi connectivity index (χ4n) is 3.86. The van der Waals surface area contributed by atoms with Gasteiger partial charge in [-0.3, -0.25) is 24.4 Å². The molecule has 7 heteroatoms. The lowest BCUT2D eigenvalue weighted by molar-refractivity contribution is -0.131. The van der Waals surface area contributed by atoms with Crippen LogP contribution in [0.5, 0.6) is 0 Å². The molecule has 0 aliphatic carbocycles. The summed E-state index contributed by atoms with van der Waals surface area (Å²) in [6, 6.07) is 4.11. The summed E-state index contributed by atoms with van der Waals surface area (Å²) in [7, 11) is 0. The zero-order valence-electron chi connectivity index (χ0n) is 15.0. The summed E-state index contributed by atoms with van der Waals surface area (Å²) < 4.78 is 0. The van der Waals surface area contributed by atoms with Crippen molar-refractivity contribution in [2.24, 2.45) is 5.92 Å². The molecule has 2 amide bonds. The maximum absolute atomic E-state index is 12.2. The zero-order valence-corrected chi connectivity index (χ0v) is 15.0. The molecule has 3 heterocycles. The van der Waals surface area contributed by atoms with Gasteiger partial charge in [0.15, 0.2) is 0 Å². The third-order valence-electron chi connectivity index (χ3n) is 5.19. The number of aromatic nitrogens is 1. The third-order valence-corrected chi connectivity index (χ3v) is 5.19. The first-order valence-corrected chi connectivity index (χ1v) is 8.94. The topological polar surface area (TPSA) is 68.8 Å². The predicted molar refractivity (Wildman–Crippen MR) is 96.1 cm³/mol. The van der Waals surface area contributed by atoms with Gasteiger partial charge in [0.1, 0.15) is 0 Å². The molecule has 2 aliphatic heterocycles. The summed E-state index contributed by atoms with van der Waals surface area (Å²) in [5.41, 5.74) is 0.733. The number of carbonyl (C=O) groups is 2. The zero-order chi connectivity index (χ0) is 17.8. The van der Waals surface area contributed by atoms with E-state index in [0.29, 0.717) is 18.5 Å². The number of rotatable bonds is 4. The molecule has 7 nitrogen and oxygen atoms in total. The van der Waals surface area contributed by atoms with E-state index in [1.54, 1.807) is 19.3 Å². The molecule has 1 aromatic heterocycles. The Balaban J connectivity index is 1.48. The molecule has 1 N–H and O–H groups in total. The van der Waals surface area contributed by atoms with Crippen LogP contribution in [0.4, 0.5) is 5.69 Å². The fraction of sp³-hybridized carbons (Fsp3) is 0.611. The van der Waals surface area contributed by atoms with Crippen molar-refractivity contribution in [3.05, 3.63) is 24.5 Å². The molecule has 0 unspecified atom stereocenters. The number of likely N-dealkylation sites (tertiary alicyclic amines) is 1. The van der Waals surface area contributed by atoms with E-state index < -0.39 is 0 Å². The van der Waals surface area contributed by atoms with E-state index in [9.17, 15) is 9.59 Å². The second-order valence-electron chi connectivity index (χ2n) is 7.07. The predicted octanol–water partition coefficient (Wildman–Crippen LogP) is 0.505. The molecule has 1 aromatic rings. The maximum atomic E-state index is 12.2. The van der Waals surface area contributed by atoms with E-state index in [0.717, 1.165) is 45.0 Å². The Kier molecular flexibility index (Phi) is 5.65. The number of pyridine rings is 1. The quantitative estimate of drug-likeness (QED) is 0.861. The minimum atomic E-state index is 0.00208. The molecule has 0 aromatic carbocycles. The second-order valence-corrected chi connectivity index (χ2v) is 7.07. The smallest absolute Gasteiger partial charge is 0.238 e. The summed E-state index contributed by atoms with van der Waals surface area (Å²) in [5.74, 6) is 0.685. The van der Waals surface area contributed by atoms with E-state index >= 15 is 0 Å². The highest BCUT2D eigenvalue weighted by molar-refractivity contribution is 5.92. The van der Waals surface area contributed by atoms with Crippen LogP contribution < -0.4 is 5.32 Å². The number of nitrogens with zero attached hydrogens (tertiary/aromatic N) is 4. The molecule has 0 spiro atoms. The van der Waals surface area contributed by atoms with Crippen molar-refractivity contribution in [1.82, 2.24) is 19.7 Å². The Morgan fingerprint density at radius 2 is 2.00 bits per heavy atom. The van der Waals surface area contributed by atoms with Gasteiger partial charge in [-0.2, -0.15) is 0 Å². The Labute approximate surface area is 149 Å². The second kappa shape index (κ2) is 7.93. The fourth-order valence-corrected chi connectivity index (χ4v) is 3.86. The van der Waals surface area contributed by atoms with E-state index in [2.05, 4.69) is 27.0 Å². The molecule has 0 radical (unpaired) electrons. The standard InChI is InChI=1S/C18H27N5O2/c1-14-11-21(13-18(25)20-16-4-3-5-19-10-16)12-17(14)23-8-6-22(7-9-23)15(2)24/h3-5,10,14,17H,6-9,11-13H2,1-2H3,(H,20,25)/t14-,17+/m1/s1. The Bertz CT molecular complexity index is 601. The van der Waals surface area contributed by atoms with Gasteiger partial charge in [0.2, 0.25) is 11.8 Å². The first kappa shape index (κ1) is 17.8. The van der Waals surface area contributed by atoms with Crippen LogP contribution in [0.2, 0.25) is 0 Å². The van der Waals surface area contributed by atoms with Crippen LogP contribution in [-0.2, 0) is 9.59 Å². The van der Waals surface area contributed by atoms with Crippen LogP contribution in [0.1, 0.15) is 13.8 Å². The molecule has 2 saturated heterocycles. The van der Waals surface area contributed by atoms with Crippen molar-refractivity contribution in [3.8, 4) is 0 Å². The molecule has 0 saturated carbocycles. The van der Waals surface area contributed by atoms with Gasteiger partial charge in [0.25, 0.3) is 0 Å². The van der Waals surface area contributed by atoms with Crippen molar-refractivity contribution in [1.29, 1.82) is 0 Å². The number of carbonyl (C=O) groups excluding carboxylic acids is 2. The highest BCUT2D eigenvalue weighted by Gasteiger charge is 2.36. The van der Waals surface area contributed by atoms with Crippen molar-refractivity contribution in [3.63, 3.8) is 0 Å². The highest BCUT2D eigenvalue weighted by atomic mass is 16.2.